The van der Waals surface area contributed by atoms with E-state index in [-0.39, 0.29) is 18.7 Å². The van der Waals surface area contributed by atoms with E-state index in [1.54, 1.807) is 0 Å². The van der Waals surface area contributed by atoms with Gasteiger partial charge >= 0.3 is 6.03 Å². The van der Waals surface area contributed by atoms with Gasteiger partial charge in [-0.05, 0) is 55.3 Å². The zero-order valence-corrected chi connectivity index (χ0v) is 18.9. The Morgan fingerprint density at radius 3 is 2.29 bits per heavy atom. The van der Waals surface area contributed by atoms with Crippen LogP contribution in [-0.4, -0.2) is 35.5 Å². The molecule has 0 radical (unpaired) electrons. The molecule has 3 amide bonds. The van der Waals surface area contributed by atoms with Crippen LogP contribution in [0.5, 0.6) is 11.5 Å². The van der Waals surface area contributed by atoms with Crippen LogP contribution in [0.15, 0.2) is 71.8 Å². The smallest absolute Gasteiger partial charge is 0.323 e. The number of urea groups is 1. The first-order valence-electron chi connectivity index (χ1n) is 11.0. The number of benzene rings is 3. The number of carbonyl (C=O) groups excluding carboxylic acids is 2. The lowest BCUT2D eigenvalue weighted by Gasteiger charge is -2.22. The normalized spacial score (nSPS) is 16.4. The number of primary amides is 1. The molecule has 34 heavy (non-hydrogen) atoms. The molecule has 0 saturated heterocycles. The second-order valence-corrected chi connectivity index (χ2v) is 8.28. The summed E-state index contributed by atoms with van der Waals surface area (Å²) in [5.41, 5.74) is 10.3. The number of rotatable bonds is 3. The lowest BCUT2D eigenvalue weighted by Crippen LogP contribution is -2.33. The lowest BCUT2D eigenvalue weighted by molar-refractivity contribution is -0.130. The van der Waals surface area contributed by atoms with Gasteiger partial charge < -0.3 is 15.2 Å². The van der Waals surface area contributed by atoms with Crippen molar-refractivity contribution in [2.45, 2.75) is 26.3 Å². The number of hydrogen-bond donors (Lipinski definition) is 1. The second-order valence-electron chi connectivity index (χ2n) is 8.28. The van der Waals surface area contributed by atoms with Gasteiger partial charge in [0.2, 0.25) is 12.7 Å². The van der Waals surface area contributed by atoms with Crippen molar-refractivity contribution in [3.8, 4) is 11.5 Å². The standard InChI is InChI=1S/C26H24N4O4/c1-16-12-19-13-23-24(34-15-33-23)14-22(19)25(28-30(16)17(2)31)18-8-10-21(11-9-18)29(26(27)32)20-6-4-3-5-7-20/h3-11,13-14,16H,12,15H2,1-2H3,(H2,27,32). The van der Waals surface area contributed by atoms with Crippen LogP contribution in [0.4, 0.5) is 16.2 Å². The maximum Gasteiger partial charge on any atom is 0.323 e. The molecule has 0 spiro atoms. The summed E-state index contributed by atoms with van der Waals surface area (Å²) in [6, 6.07) is 19.7. The minimum Gasteiger partial charge on any atom is -0.454 e. The molecule has 2 N–H and O–H groups in total. The Morgan fingerprint density at radius 1 is 1.00 bits per heavy atom. The highest BCUT2D eigenvalue weighted by molar-refractivity contribution is 6.15. The van der Waals surface area contributed by atoms with Crippen molar-refractivity contribution >= 4 is 29.0 Å². The first-order chi connectivity index (χ1) is 16.4. The molecule has 2 aliphatic rings. The number of hydrogen-bond acceptors (Lipinski definition) is 5. The minimum absolute atomic E-state index is 0.128. The topological polar surface area (TPSA) is 97.5 Å². The van der Waals surface area contributed by atoms with E-state index < -0.39 is 6.03 Å². The molecule has 0 aromatic heterocycles. The maximum atomic E-state index is 12.4. The number of nitrogens with two attached hydrogens (primary N) is 1. The summed E-state index contributed by atoms with van der Waals surface area (Å²) in [7, 11) is 0. The molecule has 0 aliphatic carbocycles. The van der Waals surface area contributed by atoms with E-state index in [1.807, 2.05) is 73.7 Å². The van der Waals surface area contributed by atoms with Crippen molar-refractivity contribution in [2.75, 3.05) is 11.7 Å². The summed E-state index contributed by atoms with van der Waals surface area (Å²) < 4.78 is 11.2. The van der Waals surface area contributed by atoms with Crippen LogP contribution in [-0.2, 0) is 11.2 Å². The molecule has 3 aromatic rings. The van der Waals surface area contributed by atoms with Gasteiger partial charge in [-0.2, -0.15) is 5.10 Å². The Balaban J connectivity index is 1.60. The van der Waals surface area contributed by atoms with Gasteiger partial charge in [-0.15, -0.1) is 0 Å². The first kappa shape index (κ1) is 21.5. The van der Waals surface area contributed by atoms with Gasteiger partial charge in [-0.3, -0.25) is 9.69 Å². The number of carbonyl (C=O) groups is 2. The molecule has 1 atom stereocenters. The van der Waals surface area contributed by atoms with Gasteiger partial charge in [-0.1, -0.05) is 30.3 Å². The summed E-state index contributed by atoms with van der Waals surface area (Å²) in [6.07, 6.45) is 0.625. The molecule has 0 bridgehead atoms. The van der Waals surface area contributed by atoms with E-state index in [1.165, 1.54) is 16.8 Å². The predicted molar refractivity (Wildman–Crippen MR) is 128 cm³/mol. The lowest BCUT2D eigenvalue weighted by atomic mass is 9.94. The van der Waals surface area contributed by atoms with Crippen LogP contribution in [0, 0.1) is 0 Å². The van der Waals surface area contributed by atoms with Crippen LogP contribution in [0.2, 0.25) is 0 Å². The summed E-state index contributed by atoms with van der Waals surface area (Å²) in [4.78, 5) is 26.0. The second kappa shape index (κ2) is 8.55. The zero-order valence-electron chi connectivity index (χ0n) is 18.9. The van der Waals surface area contributed by atoms with Gasteiger partial charge in [0.05, 0.1) is 23.1 Å². The average Bonchev–Trinajstić information content (AvgIpc) is 3.22. The first-order valence-corrected chi connectivity index (χ1v) is 11.0. The third-order valence-corrected chi connectivity index (χ3v) is 5.95. The van der Waals surface area contributed by atoms with E-state index in [2.05, 4.69) is 0 Å². The van der Waals surface area contributed by atoms with Crippen molar-refractivity contribution in [1.29, 1.82) is 0 Å². The highest BCUT2D eigenvalue weighted by atomic mass is 16.7. The van der Waals surface area contributed by atoms with E-state index in [9.17, 15) is 9.59 Å². The molecular weight excluding hydrogens is 432 g/mol. The van der Waals surface area contributed by atoms with Crippen LogP contribution in [0.3, 0.4) is 0 Å². The Hall–Kier alpha value is -4.33. The molecule has 8 heteroatoms. The number of fused-ring (bicyclic) bond motifs is 2. The summed E-state index contributed by atoms with van der Waals surface area (Å²) in [5, 5.41) is 6.27. The fourth-order valence-corrected chi connectivity index (χ4v) is 4.38. The Bertz CT molecular complexity index is 1290. The summed E-state index contributed by atoms with van der Waals surface area (Å²) >= 11 is 0. The van der Waals surface area contributed by atoms with Gasteiger partial charge in [-0.25, -0.2) is 9.80 Å². The number of anilines is 2. The van der Waals surface area contributed by atoms with Crippen LogP contribution < -0.4 is 20.1 Å². The van der Waals surface area contributed by atoms with E-state index in [0.717, 1.165) is 16.7 Å². The number of ether oxygens (including phenoxy) is 2. The summed E-state index contributed by atoms with van der Waals surface area (Å²) in [6.45, 7) is 3.65. The van der Waals surface area contributed by atoms with Crippen molar-refractivity contribution in [3.05, 3.63) is 83.4 Å². The molecule has 0 saturated carbocycles. The van der Waals surface area contributed by atoms with Crippen LogP contribution >= 0.6 is 0 Å². The van der Waals surface area contributed by atoms with Gasteiger partial charge in [0.25, 0.3) is 0 Å². The molecule has 0 fully saturated rings. The molecule has 2 heterocycles. The molecule has 172 valence electrons. The number of nitrogens with zero attached hydrogens (tertiary/aromatic N) is 3. The monoisotopic (exact) mass is 456 g/mol. The van der Waals surface area contributed by atoms with Crippen molar-refractivity contribution in [2.24, 2.45) is 10.8 Å². The number of para-hydroxylation sites is 1. The van der Waals surface area contributed by atoms with Gasteiger partial charge in [0.15, 0.2) is 11.5 Å². The van der Waals surface area contributed by atoms with Gasteiger partial charge in [0, 0.05) is 18.1 Å². The molecule has 8 nitrogen and oxygen atoms in total. The van der Waals surface area contributed by atoms with Crippen LogP contribution in [0.25, 0.3) is 0 Å². The molecule has 1 unspecified atom stereocenters. The quantitative estimate of drug-likeness (QED) is 0.639. The van der Waals surface area contributed by atoms with E-state index in [4.69, 9.17) is 20.3 Å². The third-order valence-electron chi connectivity index (χ3n) is 5.95. The van der Waals surface area contributed by atoms with Gasteiger partial charge in [0.1, 0.15) is 0 Å². The molecular formula is C26H24N4O4. The Kier molecular flexibility index (Phi) is 5.41. The maximum absolute atomic E-state index is 12.4. The largest absolute Gasteiger partial charge is 0.454 e. The number of amides is 3. The van der Waals surface area contributed by atoms with E-state index in [0.29, 0.717) is 35.0 Å². The highest BCUT2D eigenvalue weighted by Crippen LogP contribution is 2.38. The third kappa shape index (κ3) is 3.83. The SMILES string of the molecule is CC(=O)N1N=C(c2ccc(N(C(N)=O)c3ccccc3)cc2)c2cc3c(cc2CC1C)OCO3. The molecule has 3 aromatic carbocycles. The molecule has 5 rings (SSSR count). The van der Waals surface area contributed by atoms with E-state index >= 15 is 0 Å². The predicted octanol–water partition coefficient (Wildman–Crippen LogP) is 4.18. The van der Waals surface area contributed by atoms with Crippen molar-refractivity contribution in [1.82, 2.24) is 5.01 Å². The fraction of sp³-hybridized carbons (Fsp3) is 0.192. The van der Waals surface area contributed by atoms with Crippen LogP contribution in [0.1, 0.15) is 30.5 Å². The summed E-state index contributed by atoms with van der Waals surface area (Å²) in [5.74, 6) is 1.20. The average molecular weight is 457 g/mol. The van der Waals surface area contributed by atoms with Crippen molar-refractivity contribution < 1.29 is 19.1 Å². The zero-order chi connectivity index (χ0) is 23.8. The Labute approximate surface area is 197 Å². The number of hydrazone groups is 1. The molecule has 2 aliphatic heterocycles. The van der Waals surface area contributed by atoms with Crippen molar-refractivity contribution in [3.63, 3.8) is 0 Å². The Morgan fingerprint density at radius 2 is 1.65 bits per heavy atom. The highest BCUT2D eigenvalue weighted by Gasteiger charge is 2.28. The fourth-order valence-electron chi connectivity index (χ4n) is 4.38. The minimum atomic E-state index is -0.583.